The lowest BCUT2D eigenvalue weighted by Gasteiger charge is -2.39. The molecule has 45 heavy (non-hydrogen) atoms. The maximum absolute atomic E-state index is 13.1. The number of sulfonamides is 1. The van der Waals surface area contributed by atoms with Gasteiger partial charge in [0.05, 0.1) is 55.9 Å². The zero-order valence-electron chi connectivity index (χ0n) is 28.2. The second kappa shape index (κ2) is 20.0. The highest BCUT2D eigenvalue weighted by molar-refractivity contribution is 7.92. The van der Waals surface area contributed by atoms with Gasteiger partial charge in [-0.2, -0.15) is 5.26 Å². The molecule has 0 fully saturated rings. The zero-order chi connectivity index (χ0) is 33.1. The van der Waals surface area contributed by atoms with Crippen LogP contribution in [0, 0.1) is 18.3 Å². The summed E-state index contributed by atoms with van der Waals surface area (Å²) < 4.78 is 28.7. The van der Waals surface area contributed by atoms with Crippen LogP contribution in [0.2, 0.25) is 0 Å². The minimum atomic E-state index is -3.87. The van der Waals surface area contributed by atoms with Crippen LogP contribution in [-0.2, 0) is 10.0 Å². The van der Waals surface area contributed by atoms with Crippen molar-refractivity contribution >= 4 is 15.8 Å². The Morgan fingerprint density at radius 3 is 1.62 bits per heavy atom. The van der Waals surface area contributed by atoms with Crippen molar-refractivity contribution in [3.63, 3.8) is 0 Å². The number of hydrogen-bond acceptors (Lipinski definition) is 5. The van der Waals surface area contributed by atoms with E-state index < -0.39 is 10.0 Å². The first-order chi connectivity index (χ1) is 21.7. The number of aliphatic hydroxyl groups excluding tert-OH is 1. The average molecular weight is 636 g/mol. The standard InChI is InChI=1S/C21H19N3O3S.C16H36N/c1-16-3-2-4-21(23-16)24(13-14-25)28(26,27)20-11-9-19(10-12-20)18-7-5-17(15-22)6-8-18;1-5-9-13-17(14-10-6-2,15-11-7-3)16-12-8-4/h2-12,25H,13-14H2,1H3;5-16H2,1-4H3/q;+1. The summed E-state index contributed by atoms with van der Waals surface area (Å²) in [5, 5.41) is 18.2. The summed E-state index contributed by atoms with van der Waals surface area (Å²) >= 11 is 0. The number of aromatic nitrogens is 1. The Hall–Kier alpha value is -3.25. The van der Waals surface area contributed by atoms with E-state index in [1.54, 1.807) is 49.4 Å². The Kier molecular flexibility index (Phi) is 16.9. The van der Waals surface area contributed by atoms with Crippen LogP contribution in [0.4, 0.5) is 5.82 Å². The Balaban J connectivity index is 0.000000358. The van der Waals surface area contributed by atoms with E-state index in [4.69, 9.17) is 5.26 Å². The molecule has 2 aromatic carbocycles. The van der Waals surface area contributed by atoms with Crippen molar-refractivity contribution < 1.29 is 18.0 Å². The zero-order valence-corrected chi connectivity index (χ0v) is 29.0. The van der Waals surface area contributed by atoms with Gasteiger partial charge in [-0.05, 0) is 80.1 Å². The first-order valence-corrected chi connectivity index (χ1v) is 18.2. The maximum atomic E-state index is 13.1. The number of rotatable bonds is 18. The molecule has 0 aliphatic carbocycles. The average Bonchev–Trinajstić information content (AvgIpc) is 3.07. The van der Waals surface area contributed by atoms with Crippen molar-refractivity contribution in [2.24, 2.45) is 0 Å². The van der Waals surface area contributed by atoms with Gasteiger partial charge in [0.25, 0.3) is 10.0 Å². The maximum Gasteiger partial charge on any atom is 0.265 e. The highest BCUT2D eigenvalue weighted by Gasteiger charge is 2.26. The SMILES string of the molecule is CCCC[N+](CCCC)(CCCC)CCCC.Cc1cccc(N(CCO)S(=O)(=O)c2ccc(-c3ccc(C#N)cc3)cc2)n1. The Labute approximate surface area is 273 Å². The molecule has 3 rings (SSSR count). The quantitative estimate of drug-likeness (QED) is 0.143. The van der Waals surface area contributed by atoms with Crippen molar-refractivity contribution in [3.05, 3.63) is 78.0 Å². The van der Waals surface area contributed by atoms with Crippen LogP contribution < -0.4 is 4.31 Å². The first kappa shape index (κ1) is 37.9. The third-order valence-corrected chi connectivity index (χ3v) is 9.98. The molecule has 0 aliphatic heterocycles. The van der Waals surface area contributed by atoms with E-state index in [0.29, 0.717) is 11.3 Å². The molecular weight excluding hydrogens is 580 g/mol. The second-order valence-corrected chi connectivity index (χ2v) is 13.7. The van der Waals surface area contributed by atoms with E-state index in [0.717, 1.165) is 15.4 Å². The van der Waals surface area contributed by atoms with Crippen molar-refractivity contribution in [2.75, 3.05) is 43.6 Å². The molecule has 0 bridgehead atoms. The number of unbranched alkanes of at least 4 members (excludes halogenated alkanes) is 4. The topological polar surface area (TPSA) is 94.3 Å². The molecule has 3 aromatic rings. The van der Waals surface area contributed by atoms with Gasteiger partial charge in [0.2, 0.25) is 0 Å². The lowest BCUT2D eigenvalue weighted by Crippen LogP contribution is -2.50. The predicted octanol–water partition coefficient (Wildman–Crippen LogP) is 8.12. The largest absolute Gasteiger partial charge is 0.394 e. The molecule has 0 amide bonds. The number of aliphatic hydroxyl groups is 1. The Morgan fingerprint density at radius 2 is 1.22 bits per heavy atom. The van der Waals surface area contributed by atoms with E-state index in [2.05, 4.69) is 38.7 Å². The van der Waals surface area contributed by atoms with Gasteiger partial charge in [-0.3, -0.25) is 0 Å². The summed E-state index contributed by atoms with van der Waals surface area (Å²) in [5.74, 6) is 0.269. The molecule has 1 heterocycles. The fourth-order valence-corrected chi connectivity index (χ4v) is 6.85. The Morgan fingerprint density at radius 1 is 0.756 bits per heavy atom. The molecule has 0 unspecified atom stereocenters. The summed E-state index contributed by atoms with van der Waals surface area (Å²) in [6.45, 7) is 16.4. The van der Waals surface area contributed by atoms with Gasteiger partial charge in [0.1, 0.15) is 5.82 Å². The van der Waals surface area contributed by atoms with Crippen LogP contribution in [0.15, 0.2) is 71.6 Å². The predicted molar refractivity (Wildman–Crippen MR) is 187 cm³/mol. The van der Waals surface area contributed by atoms with Crippen LogP contribution >= 0.6 is 0 Å². The third-order valence-electron chi connectivity index (χ3n) is 8.17. The number of nitrogens with zero attached hydrogens (tertiary/aromatic N) is 4. The Bertz CT molecular complexity index is 1360. The number of aryl methyl sites for hydroxylation is 1. The molecule has 1 N–H and O–H groups in total. The van der Waals surface area contributed by atoms with Gasteiger partial charge in [-0.1, -0.05) is 83.7 Å². The number of pyridine rings is 1. The van der Waals surface area contributed by atoms with Crippen LogP contribution in [0.1, 0.15) is 90.3 Å². The van der Waals surface area contributed by atoms with Gasteiger partial charge in [0.15, 0.2) is 0 Å². The van der Waals surface area contributed by atoms with Gasteiger partial charge in [-0.25, -0.2) is 17.7 Å². The fourth-order valence-electron chi connectivity index (χ4n) is 5.44. The summed E-state index contributed by atoms with van der Waals surface area (Å²) in [6, 6.07) is 20.7. The molecule has 0 saturated heterocycles. The molecule has 0 aliphatic rings. The molecule has 0 saturated carbocycles. The molecule has 0 radical (unpaired) electrons. The van der Waals surface area contributed by atoms with E-state index in [1.165, 1.54) is 94.2 Å². The van der Waals surface area contributed by atoms with E-state index in [-0.39, 0.29) is 23.9 Å². The monoisotopic (exact) mass is 635 g/mol. The number of quaternary nitrogens is 1. The van der Waals surface area contributed by atoms with Crippen molar-refractivity contribution in [1.82, 2.24) is 4.98 Å². The fraction of sp³-hybridized carbons (Fsp3) is 0.514. The van der Waals surface area contributed by atoms with E-state index in [1.807, 2.05) is 12.1 Å². The molecule has 0 spiro atoms. The normalized spacial score (nSPS) is 11.4. The molecular formula is C37H55N4O3S+. The van der Waals surface area contributed by atoms with E-state index in [9.17, 15) is 13.5 Å². The number of hydrogen-bond donors (Lipinski definition) is 1. The summed E-state index contributed by atoms with van der Waals surface area (Å²) in [6.07, 6.45) is 11.1. The minimum Gasteiger partial charge on any atom is -0.394 e. The number of anilines is 1. The van der Waals surface area contributed by atoms with Crippen molar-refractivity contribution in [2.45, 2.75) is 90.9 Å². The summed E-state index contributed by atoms with van der Waals surface area (Å²) in [7, 11) is -3.87. The van der Waals surface area contributed by atoms with E-state index >= 15 is 0 Å². The highest BCUT2D eigenvalue weighted by atomic mass is 32.2. The minimum absolute atomic E-state index is 0.0871. The van der Waals surface area contributed by atoms with Crippen LogP contribution in [0.5, 0.6) is 0 Å². The summed E-state index contributed by atoms with van der Waals surface area (Å²) in [4.78, 5) is 4.39. The highest BCUT2D eigenvalue weighted by Crippen LogP contribution is 2.26. The van der Waals surface area contributed by atoms with Gasteiger partial charge < -0.3 is 9.59 Å². The lowest BCUT2D eigenvalue weighted by atomic mass is 10.0. The molecule has 246 valence electrons. The van der Waals surface area contributed by atoms with Gasteiger partial charge >= 0.3 is 0 Å². The third kappa shape index (κ3) is 11.9. The number of benzene rings is 2. The summed E-state index contributed by atoms with van der Waals surface area (Å²) in [5.41, 5.74) is 2.97. The first-order valence-electron chi connectivity index (χ1n) is 16.7. The van der Waals surface area contributed by atoms with Crippen LogP contribution in [0.25, 0.3) is 11.1 Å². The van der Waals surface area contributed by atoms with Crippen LogP contribution in [0.3, 0.4) is 0 Å². The molecule has 8 heteroatoms. The lowest BCUT2D eigenvalue weighted by molar-refractivity contribution is -0.929. The second-order valence-electron chi connectivity index (χ2n) is 11.8. The van der Waals surface area contributed by atoms with Crippen molar-refractivity contribution in [1.29, 1.82) is 5.26 Å². The number of nitriles is 1. The van der Waals surface area contributed by atoms with Crippen LogP contribution in [-0.4, -0.2) is 62.3 Å². The van der Waals surface area contributed by atoms with Gasteiger partial charge in [0, 0.05) is 5.69 Å². The molecule has 1 aromatic heterocycles. The molecule has 0 atom stereocenters. The van der Waals surface area contributed by atoms with Crippen molar-refractivity contribution in [3.8, 4) is 17.2 Å². The smallest absolute Gasteiger partial charge is 0.265 e. The van der Waals surface area contributed by atoms with Gasteiger partial charge in [-0.15, -0.1) is 0 Å². The molecule has 7 nitrogen and oxygen atoms in total.